The average molecular weight is 385 g/mol. The summed E-state index contributed by atoms with van der Waals surface area (Å²) in [5, 5.41) is 21.0. The third-order valence-corrected chi connectivity index (χ3v) is 4.24. The molecule has 10 nitrogen and oxygen atoms in total. The zero-order valence-corrected chi connectivity index (χ0v) is 15.0. The van der Waals surface area contributed by atoms with Gasteiger partial charge < -0.3 is 14.6 Å². The minimum absolute atomic E-state index is 0.0496. The topological polar surface area (TPSA) is 142 Å². The summed E-state index contributed by atoms with van der Waals surface area (Å²) in [5.74, 6) is 0.479. The molecule has 1 aliphatic rings. The maximum atomic E-state index is 12.1. The number of hydrogen-bond donors (Lipinski definition) is 3. The van der Waals surface area contributed by atoms with E-state index in [2.05, 4.69) is 15.3 Å². The molecule has 2 heterocycles. The average Bonchev–Trinajstić information content (AvgIpc) is 3.08. The Bertz CT molecular complexity index is 1010. The van der Waals surface area contributed by atoms with Gasteiger partial charge in [0, 0.05) is 18.2 Å². The molecule has 1 fully saturated rings. The lowest BCUT2D eigenvalue weighted by Crippen LogP contribution is -2.33. The molecule has 0 amide bonds. The molecule has 0 unspecified atom stereocenters. The molecular formula is C18H19N5O5. The maximum absolute atomic E-state index is 12.1. The molecule has 0 aliphatic carbocycles. The van der Waals surface area contributed by atoms with Crippen molar-refractivity contribution < 1.29 is 14.6 Å². The van der Waals surface area contributed by atoms with Crippen LogP contribution in [0.2, 0.25) is 0 Å². The first kappa shape index (κ1) is 19.3. The Morgan fingerprint density at radius 2 is 2.21 bits per heavy atom. The number of para-hydroxylation sites is 1. The van der Waals surface area contributed by atoms with Gasteiger partial charge in [-0.3, -0.25) is 14.3 Å². The van der Waals surface area contributed by atoms with Gasteiger partial charge >= 0.3 is 11.7 Å². The summed E-state index contributed by atoms with van der Waals surface area (Å²) in [5.41, 5.74) is -0.725. The second-order valence-electron chi connectivity index (χ2n) is 6.18. The largest absolute Gasteiger partial charge is 0.425 e. The molecule has 1 aromatic carbocycles. The molecule has 3 rings (SSSR count). The first-order valence-corrected chi connectivity index (χ1v) is 8.56. The number of H-pyrrole nitrogens is 1. The van der Waals surface area contributed by atoms with Crippen molar-refractivity contribution in [2.75, 3.05) is 6.61 Å². The quantitative estimate of drug-likeness (QED) is 0.291. The van der Waals surface area contributed by atoms with E-state index in [9.17, 15) is 14.7 Å². The zero-order chi connectivity index (χ0) is 20.1. The van der Waals surface area contributed by atoms with Crippen LogP contribution in [-0.2, 0) is 4.74 Å². The van der Waals surface area contributed by atoms with Crippen molar-refractivity contribution in [2.24, 2.45) is 4.99 Å². The first-order valence-electron chi connectivity index (χ1n) is 8.56. The Morgan fingerprint density at radius 1 is 1.46 bits per heavy atom. The van der Waals surface area contributed by atoms with Crippen LogP contribution in [0, 0.1) is 18.4 Å². The second kappa shape index (κ2) is 8.51. The third kappa shape index (κ3) is 4.28. The molecular weight excluding hydrogens is 366 g/mol. The number of benzene rings is 1. The number of aromatic nitrogens is 2. The Labute approximate surface area is 159 Å². The van der Waals surface area contributed by atoms with Gasteiger partial charge in [0.05, 0.1) is 12.6 Å². The fourth-order valence-corrected chi connectivity index (χ4v) is 2.87. The predicted molar refractivity (Wildman–Crippen MR) is 98.7 cm³/mol. The minimum Gasteiger partial charge on any atom is -0.425 e. The predicted octanol–water partition coefficient (Wildman–Crippen LogP) is -0.000900. The fraction of sp³-hybridized carbons (Fsp3) is 0.333. The fourth-order valence-electron chi connectivity index (χ4n) is 2.87. The minimum atomic E-state index is -0.728. The number of nitrogens with zero attached hydrogens (tertiary/aromatic N) is 3. The van der Waals surface area contributed by atoms with Crippen molar-refractivity contribution in [3.63, 3.8) is 0 Å². The van der Waals surface area contributed by atoms with Crippen LogP contribution in [0.15, 0.2) is 51.1 Å². The van der Waals surface area contributed by atoms with E-state index < -0.39 is 29.6 Å². The lowest BCUT2D eigenvalue weighted by molar-refractivity contribution is -0.0271. The van der Waals surface area contributed by atoms with Crippen LogP contribution >= 0.6 is 0 Å². The van der Waals surface area contributed by atoms with Gasteiger partial charge in [0.1, 0.15) is 18.1 Å². The van der Waals surface area contributed by atoms with E-state index in [0.717, 1.165) is 0 Å². The molecule has 10 heteroatoms. The summed E-state index contributed by atoms with van der Waals surface area (Å²) in [6, 6.07) is 8.15. The smallest absolute Gasteiger partial charge is 0.330 e. The highest BCUT2D eigenvalue weighted by atomic mass is 16.5. The number of hydrogen-bond acceptors (Lipinski definition) is 7. The SMILES string of the molecule is Cc1cn([C@H]2C[C@H](N=C(NC#N)Oc3ccccc3)[C@@H](CO)O2)c(=O)[nH]c1=O. The Morgan fingerprint density at radius 3 is 2.89 bits per heavy atom. The zero-order valence-electron chi connectivity index (χ0n) is 15.0. The number of rotatable bonds is 4. The van der Waals surface area contributed by atoms with E-state index in [1.807, 2.05) is 6.07 Å². The molecule has 1 saturated heterocycles. The monoisotopic (exact) mass is 385 g/mol. The number of aliphatic imine (C=N–C) groups is 1. The van der Waals surface area contributed by atoms with Gasteiger partial charge in [-0.25, -0.2) is 15.1 Å². The van der Waals surface area contributed by atoms with E-state index in [1.165, 1.54) is 10.8 Å². The molecule has 2 aromatic rings. The van der Waals surface area contributed by atoms with Gasteiger partial charge in [-0.1, -0.05) is 18.2 Å². The van der Waals surface area contributed by atoms with Crippen molar-refractivity contribution in [2.45, 2.75) is 31.7 Å². The summed E-state index contributed by atoms with van der Waals surface area (Å²) in [7, 11) is 0. The second-order valence-corrected chi connectivity index (χ2v) is 6.18. The molecule has 3 N–H and O–H groups in total. The molecule has 0 saturated carbocycles. The lowest BCUT2D eigenvalue weighted by Gasteiger charge is -2.15. The van der Waals surface area contributed by atoms with Gasteiger partial charge in [-0.2, -0.15) is 5.26 Å². The Kier molecular flexibility index (Phi) is 5.88. The van der Waals surface area contributed by atoms with E-state index in [-0.39, 0.29) is 19.0 Å². The van der Waals surface area contributed by atoms with Crippen molar-refractivity contribution in [3.05, 3.63) is 62.9 Å². The standard InChI is InChI=1S/C18H19N5O5/c1-11-8-23(18(26)22-16(11)25)15-7-13(14(9-24)28-15)21-17(20-10-19)27-12-5-3-2-4-6-12/h2-6,8,13-15,24H,7,9H2,1H3,(H,20,21)(H,22,25,26)/t13-,14+,15+/m0/s1. The maximum Gasteiger partial charge on any atom is 0.330 e. The van der Waals surface area contributed by atoms with Gasteiger partial charge in [0.25, 0.3) is 5.56 Å². The molecule has 0 spiro atoms. The summed E-state index contributed by atoms with van der Waals surface area (Å²) in [4.78, 5) is 30.2. The molecule has 3 atom stereocenters. The number of aryl methyl sites for hydroxylation is 1. The van der Waals surface area contributed by atoms with Crippen molar-refractivity contribution >= 4 is 6.02 Å². The van der Waals surface area contributed by atoms with Crippen LogP contribution in [0.4, 0.5) is 0 Å². The highest BCUT2D eigenvalue weighted by molar-refractivity contribution is 5.77. The first-order chi connectivity index (χ1) is 13.5. The molecule has 0 bridgehead atoms. The van der Waals surface area contributed by atoms with E-state index in [0.29, 0.717) is 11.3 Å². The van der Waals surface area contributed by atoms with E-state index in [1.54, 1.807) is 37.4 Å². The van der Waals surface area contributed by atoms with E-state index >= 15 is 0 Å². The van der Waals surface area contributed by atoms with Crippen LogP contribution in [-0.4, -0.2) is 39.4 Å². The summed E-state index contributed by atoms with van der Waals surface area (Å²) < 4.78 is 12.6. The van der Waals surface area contributed by atoms with E-state index in [4.69, 9.17) is 14.7 Å². The summed E-state index contributed by atoms with van der Waals surface area (Å²) in [6.07, 6.45) is 1.96. The Balaban J connectivity index is 1.85. The number of aliphatic hydroxyl groups excluding tert-OH is 1. The molecule has 1 aliphatic heterocycles. The van der Waals surface area contributed by atoms with Crippen LogP contribution in [0.1, 0.15) is 18.2 Å². The molecule has 146 valence electrons. The van der Waals surface area contributed by atoms with Crippen molar-refractivity contribution in [1.82, 2.24) is 14.9 Å². The van der Waals surface area contributed by atoms with Crippen molar-refractivity contribution in [1.29, 1.82) is 5.26 Å². The third-order valence-electron chi connectivity index (χ3n) is 4.24. The van der Waals surface area contributed by atoms with Gasteiger partial charge in [-0.05, 0) is 19.1 Å². The number of amidine groups is 1. The highest BCUT2D eigenvalue weighted by Gasteiger charge is 2.37. The number of nitriles is 1. The lowest BCUT2D eigenvalue weighted by atomic mass is 10.1. The highest BCUT2D eigenvalue weighted by Crippen LogP contribution is 2.30. The summed E-state index contributed by atoms with van der Waals surface area (Å²) in [6.45, 7) is 1.23. The van der Waals surface area contributed by atoms with Gasteiger partial charge in [-0.15, -0.1) is 0 Å². The molecule has 1 aromatic heterocycles. The van der Waals surface area contributed by atoms with Gasteiger partial charge in [0.2, 0.25) is 0 Å². The normalized spacial score (nSPS) is 21.9. The van der Waals surface area contributed by atoms with Crippen LogP contribution in [0.3, 0.4) is 0 Å². The number of ether oxygens (including phenoxy) is 2. The number of aromatic amines is 1. The van der Waals surface area contributed by atoms with Gasteiger partial charge in [0.15, 0.2) is 6.19 Å². The summed E-state index contributed by atoms with van der Waals surface area (Å²) >= 11 is 0. The van der Waals surface area contributed by atoms with Crippen LogP contribution < -0.4 is 21.3 Å². The van der Waals surface area contributed by atoms with Crippen LogP contribution in [0.5, 0.6) is 5.75 Å². The number of aliphatic hydroxyl groups is 1. The molecule has 28 heavy (non-hydrogen) atoms. The molecule has 0 radical (unpaired) electrons. The van der Waals surface area contributed by atoms with Crippen molar-refractivity contribution in [3.8, 4) is 11.9 Å². The Hall–Kier alpha value is -3.42. The van der Waals surface area contributed by atoms with Crippen LogP contribution in [0.25, 0.3) is 0 Å². The number of nitrogens with one attached hydrogen (secondary N) is 2.